The van der Waals surface area contributed by atoms with E-state index in [9.17, 15) is 0 Å². The minimum absolute atomic E-state index is 0.867. The smallest absolute Gasteiger partial charge is 0.143 e. The van der Waals surface area contributed by atoms with E-state index in [1.165, 1.54) is 49.6 Å². The lowest BCUT2D eigenvalue weighted by Gasteiger charge is -2.28. The zero-order chi connectivity index (χ0) is 38.6. The first-order chi connectivity index (χ1) is 28.7. The number of hydrogen-bond donors (Lipinski definition) is 0. The molecule has 0 amide bonds. The summed E-state index contributed by atoms with van der Waals surface area (Å²) in [6.45, 7) is 2.24. The molecule has 2 heterocycles. The number of anilines is 3. The monoisotopic (exact) mass is 742 g/mol. The number of furan rings is 1. The van der Waals surface area contributed by atoms with Gasteiger partial charge in [0, 0.05) is 49.7 Å². The van der Waals surface area contributed by atoms with E-state index in [1.54, 1.807) is 0 Å². The second-order valence-corrected chi connectivity index (χ2v) is 14.9. The van der Waals surface area contributed by atoms with Crippen molar-refractivity contribution in [3.63, 3.8) is 0 Å². The number of rotatable bonds is 7. The van der Waals surface area contributed by atoms with Crippen LogP contribution in [0.3, 0.4) is 0 Å². The van der Waals surface area contributed by atoms with Crippen molar-refractivity contribution >= 4 is 60.8 Å². The van der Waals surface area contributed by atoms with Crippen molar-refractivity contribution in [1.82, 2.24) is 4.57 Å². The van der Waals surface area contributed by atoms with E-state index in [4.69, 9.17) is 4.42 Å². The minimum atomic E-state index is 0.867. The van der Waals surface area contributed by atoms with Crippen LogP contribution in [0, 0.1) is 6.92 Å². The maximum atomic E-state index is 6.86. The normalized spacial score (nSPS) is 11.5. The highest BCUT2D eigenvalue weighted by atomic mass is 16.3. The van der Waals surface area contributed by atoms with Gasteiger partial charge in [-0.3, -0.25) is 0 Å². The molecule has 9 aromatic carbocycles. The van der Waals surface area contributed by atoms with E-state index in [-0.39, 0.29) is 0 Å². The summed E-state index contributed by atoms with van der Waals surface area (Å²) in [7, 11) is 0. The molecule has 0 aliphatic carbocycles. The highest BCUT2D eigenvalue weighted by Crippen LogP contribution is 2.47. The van der Waals surface area contributed by atoms with Crippen LogP contribution in [0.15, 0.2) is 217 Å². The number of hydrogen-bond acceptors (Lipinski definition) is 2. The van der Waals surface area contributed by atoms with E-state index >= 15 is 0 Å². The molecule has 0 unspecified atom stereocenters. The highest BCUT2D eigenvalue weighted by molar-refractivity contribution is 6.14. The largest absolute Gasteiger partial charge is 0.455 e. The third kappa shape index (κ3) is 5.51. The van der Waals surface area contributed by atoms with Gasteiger partial charge in [-0.2, -0.15) is 0 Å². The molecule has 0 radical (unpaired) electrons. The average Bonchev–Trinajstić information content (AvgIpc) is 3.83. The van der Waals surface area contributed by atoms with E-state index < -0.39 is 0 Å². The number of para-hydroxylation sites is 5. The van der Waals surface area contributed by atoms with Crippen molar-refractivity contribution in [2.24, 2.45) is 0 Å². The molecule has 0 aliphatic heterocycles. The first-order valence-electron chi connectivity index (χ1n) is 19.9. The predicted octanol–water partition coefficient (Wildman–Crippen LogP) is 15.5. The Kier molecular flexibility index (Phi) is 8.04. The first kappa shape index (κ1) is 33.7. The summed E-state index contributed by atoms with van der Waals surface area (Å²) < 4.78 is 9.28. The maximum absolute atomic E-state index is 6.86. The molecule has 0 saturated carbocycles. The Morgan fingerprint density at radius 1 is 0.397 bits per heavy atom. The van der Waals surface area contributed by atoms with Gasteiger partial charge < -0.3 is 13.9 Å². The molecule has 58 heavy (non-hydrogen) atoms. The van der Waals surface area contributed by atoms with Crippen LogP contribution < -0.4 is 4.90 Å². The summed E-state index contributed by atoms with van der Waals surface area (Å²) in [5.74, 6) is 0. The van der Waals surface area contributed by atoms with E-state index in [0.717, 1.165) is 55.8 Å². The lowest BCUT2D eigenvalue weighted by Crippen LogP contribution is -2.11. The van der Waals surface area contributed by atoms with Gasteiger partial charge in [-0.15, -0.1) is 0 Å². The molecular formula is C55H38N2O. The van der Waals surface area contributed by atoms with Crippen molar-refractivity contribution in [3.05, 3.63) is 218 Å². The molecule has 11 aromatic rings. The van der Waals surface area contributed by atoms with Gasteiger partial charge >= 0.3 is 0 Å². The van der Waals surface area contributed by atoms with Gasteiger partial charge in [0.2, 0.25) is 0 Å². The Morgan fingerprint density at radius 2 is 0.931 bits per heavy atom. The zero-order valence-electron chi connectivity index (χ0n) is 32.0. The fourth-order valence-corrected chi connectivity index (χ4v) is 8.97. The molecule has 0 bridgehead atoms. The summed E-state index contributed by atoms with van der Waals surface area (Å²) in [5, 5.41) is 4.62. The predicted molar refractivity (Wildman–Crippen MR) is 244 cm³/mol. The topological polar surface area (TPSA) is 21.3 Å². The summed E-state index contributed by atoms with van der Waals surface area (Å²) in [4.78, 5) is 2.40. The Bertz CT molecular complexity index is 3230. The Labute approximate surface area is 337 Å². The van der Waals surface area contributed by atoms with Gasteiger partial charge in [0.1, 0.15) is 11.2 Å². The van der Waals surface area contributed by atoms with Crippen LogP contribution in [-0.4, -0.2) is 4.57 Å². The third-order valence-electron chi connectivity index (χ3n) is 11.5. The molecule has 3 nitrogen and oxygen atoms in total. The summed E-state index contributed by atoms with van der Waals surface area (Å²) >= 11 is 0. The molecule has 274 valence electrons. The third-order valence-corrected chi connectivity index (χ3v) is 11.5. The van der Waals surface area contributed by atoms with Gasteiger partial charge in [0.15, 0.2) is 0 Å². The van der Waals surface area contributed by atoms with Crippen LogP contribution in [0.4, 0.5) is 17.1 Å². The SMILES string of the molecule is Cc1cc(N(c2ccccc2)c2cc(-c3ccccc3-n3c4ccccc4c4ccccc43)c3oc4ccccc4c3c2)cc(-c2ccccc2)c1-c1ccccc1. The fraction of sp³-hybridized carbons (Fsp3) is 0.0182. The summed E-state index contributed by atoms with van der Waals surface area (Å²) in [6.07, 6.45) is 0. The average molecular weight is 743 g/mol. The van der Waals surface area contributed by atoms with Crippen molar-refractivity contribution in [2.45, 2.75) is 6.92 Å². The Morgan fingerprint density at radius 3 is 1.64 bits per heavy atom. The molecule has 3 heteroatoms. The number of benzene rings is 9. The Balaban J connectivity index is 1.21. The Hall–Kier alpha value is -7.62. The number of nitrogens with zero attached hydrogens (tertiary/aromatic N) is 2. The van der Waals surface area contributed by atoms with Crippen LogP contribution in [-0.2, 0) is 0 Å². The van der Waals surface area contributed by atoms with Crippen LogP contribution >= 0.6 is 0 Å². The standard InChI is InChI=1S/C55H38N2O/c1-37-33-41(34-47(38-19-5-2-6-20-38)54(37)39-21-7-3-8-22-39)56(40-23-9-4-10-24-40)42-35-48(55-49(36-42)46-28-14-18-32-53(46)58-55)45-27-13-17-31-52(45)57-50-29-15-11-25-43(50)44-26-12-16-30-51(44)57/h2-36H,1H3. The first-order valence-corrected chi connectivity index (χ1v) is 19.9. The zero-order valence-corrected chi connectivity index (χ0v) is 32.0. The second kappa shape index (κ2) is 13.8. The molecular weight excluding hydrogens is 705 g/mol. The molecule has 0 aliphatic rings. The lowest BCUT2D eigenvalue weighted by atomic mass is 9.90. The van der Waals surface area contributed by atoms with Gasteiger partial charge in [-0.25, -0.2) is 0 Å². The number of aryl methyl sites for hydroxylation is 1. The van der Waals surface area contributed by atoms with Gasteiger partial charge in [0.25, 0.3) is 0 Å². The van der Waals surface area contributed by atoms with Gasteiger partial charge in [0.05, 0.1) is 16.7 Å². The maximum Gasteiger partial charge on any atom is 0.143 e. The highest BCUT2D eigenvalue weighted by Gasteiger charge is 2.24. The van der Waals surface area contributed by atoms with Gasteiger partial charge in [-0.05, 0) is 95.4 Å². The van der Waals surface area contributed by atoms with E-state index in [1.807, 2.05) is 0 Å². The molecule has 11 rings (SSSR count). The van der Waals surface area contributed by atoms with Crippen LogP contribution in [0.25, 0.3) is 82.8 Å². The summed E-state index contributed by atoms with van der Waals surface area (Å²) in [6, 6.07) is 76.1. The molecule has 2 aromatic heterocycles. The molecule has 0 spiro atoms. The molecule has 0 saturated heterocycles. The molecule has 0 fully saturated rings. The summed E-state index contributed by atoms with van der Waals surface area (Å²) in [5.41, 5.74) is 16.5. The molecule has 0 N–H and O–H groups in total. The quantitative estimate of drug-likeness (QED) is 0.162. The number of aromatic nitrogens is 1. The second-order valence-electron chi connectivity index (χ2n) is 14.9. The van der Waals surface area contributed by atoms with E-state index in [2.05, 4.69) is 229 Å². The molecule has 0 atom stereocenters. The number of fused-ring (bicyclic) bond motifs is 6. The van der Waals surface area contributed by atoms with Crippen molar-refractivity contribution < 1.29 is 4.42 Å². The van der Waals surface area contributed by atoms with Crippen LogP contribution in [0.5, 0.6) is 0 Å². The van der Waals surface area contributed by atoms with Gasteiger partial charge in [-0.1, -0.05) is 152 Å². The van der Waals surface area contributed by atoms with Crippen LogP contribution in [0.2, 0.25) is 0 Å². The van der Waals surface area contributed by atoms with Crippen molar-refractivity contribution in [1.29, 1.82) is 0 Å². The minimum Gasteiger partial charge on any atom is -0.455 e. The van der Waals surface area contributed by atoms with E-state index in [0.29, 0.717) is 0 Å². The van der Waals surface area contributed by atoms with Crippen molar-refractivity contribution in [2.75, 3.05) is 4.90 Å². The fourth-order valence-electron chi connectivity index (χ4n) is 8.97. The lowest BCUT2D eigenvalue weighted by molar-refractivity contribution is 0.670. The van der Waals surface area contributed by atoms with Crippen molar-refractivity contribution in [3.8, 4) is 39.1 Å². The van der Waals surface area contributed by atoms with Crippen LogP contribution in [0.1, 0.15) is 5.56 Å².